The van der Waals surface area contributed by atoms with E-state index < -0.39 is 5.97 Å². The van der Waals surface area contributed by atoms with E-state index in [-0.39, 0.29) is 5.69 Å². The number of nitrogens with zero attached hydrogens (tertiary/aromatic N) is 3. The van der Waals surface area contributed by atoms with Crippen LogP contribution in [0.15, 0.2) is 12.4 Å². The average molecular weight is 247 g/mol. The minimum atomic E-state index is -1.02. The zero-order valence-corrected chi connectivity index (χ0v) is 10.2. The van der Waals surface area contributed by atoms with Crippen LogP contribution in [-0.2, 0) is 0 Å². The molecular formula is C13H17N3O2. The molecule has 3 rings (SSSR count). The van der Waals surface area contributed by atoms with Crippen molar-refractivity contribution < 1.29 is 9.90 Å². The lowest BCUT2D eigenvalue weighted by Crippen LogP contribution is -2.35. The lowest BCUT2D eigenvalue weighted by Gasteiger charge is -2.32. The third-order valence-electron chi connectivity index (χ3n) is 4.16. The zero-order chi connectivity index (χ0) is 12.5. The van der Waals surface area contributed by atoms with Crippen molar-refractivity contribution in [1.29, 1.82) is 0 Å². The highest BCUT2D eigenvalue weighted by Crippen LogP contribution is 2.37. The lowest BCUT2D eigenvalue weighted by molar-refractivity contribution is 0.0690. The van der Waals surface area contributed by atoms with E-state index in [0.29, 0.717) is 6.04 Å². The number of carboxylic acids is 1. The van der Waals surface area contributed by atoms with Crippen molar-refractivity contribution >= 4 is 11.8 Å². The predicted molar refractivity (Wildman–Crippen MR) is 66.7 cm³/mol. The maximum absolute atomic E-state index is 10.7. The summed E-state index contributed by atoms with van der Waals surface area (Å²) < 4.78 is 0. The molecule has 5 heteroatoms. The molecule has 2 atom stereocenters. The fraction of sp³-hybridized carbons (Fsp3) is 0.615. The normalized spacial score (nSPS) is 27.0. The average Bonchev–Trinajstić information content (AvgIpc) is 2.82. The Hall–Kier alpha value is -1.65. The van der Waals surface area contributed by atoms with Gasteiger partial charge < -0.3 is 10.0 Å². The second-order valence-electron chi connectivity index (χ2n) is 5.16. The minimum absolute atomic E-state index is 0.0122. The Morgan fingerprint density at radius 3 is 2.78 bits per heavy atom. The number of rotatable bonds is 2. The van der Waals surface area contributed by atoms with Gasteiger partial charge >= 0.3 is 5.97 Å². The first-order valence-corrected chi connectivity index (χ1v) is 6.57. The number of aromatic nitrogens is 2. The van der Waals surface area contributed by atoms with Crippen LogP contribution in [0.2, 0.25) is 0 Å². The second-order valence-corrected chi connectivity index (χ2v) is 5.16. The van der Waals surface area contributed by atoms with E-state index in [4.69, 9.17) is 5.11 Å². The van der Waals surface area contributed by atoms with Gasteiger partial charge in [0.1, 0.15) is 5.82 Å². The van der Waals surface area contributed by atoms with Crippen LogP contribution in [0.4, 0.5) is 5.82 Å². The fourth-order valence-corrected chi connectivity index (χ4v) is 3.27. The lowest BCUT2D eigenvalue weighted by atomic mass is 9.85. The largest absolute Gasteiger partial charge is 0.476 e. The summed E-state index contributed by atoms with van der Waals surface area (Å²) in [5, 5.41) is 8.81. The highest BCUT2D eigenvalue weighted by molar-refractivity contribution is 5.84. The number of carboxylic acid groups (broad SMARTS) is 1. The molecule has 1 saturated heterocycles. The maximum atomic E-state index is 10.7. The summed E-state index contributed by atoms with van der Waals surface area (Å²) in [5.41, 5.74) is 0.0122. The molecular weight excluding hydrogens is 230 g/mol. The third kappa shape index (κ3) is 1.94. The molecule has 2 aliphatic rings. The third-order valence-corrected chi connectivity index (χ3v) is 4.16. The molecule has 5 nitrogen and oxygen atoms in total. The van der Waals surface area contributed by atoms with Crippen molar-refractivity contribution in [3.05, 3.63) is 18.1 Å². The Morgan fingerprint density at radius 2 is 2.06 bits per heavy atom. The van der Waals surface area contributed by atoms with Gasteiger partial charge in [-0.25, -0.2) is 14.8 Å². The highest BCUT2D eigenvalue weighted by atomic mass is 16.4. The summed E-state index contributed by atoms with van der Waals surface area (Å²) in [6, 6.07) is 0.587. The van der Waals surface area contributed by atoms with Gasteiger partial charge in [0.05, 0.1) is 12.4 Å². The van der Waals surface area contributed by atoms with Crippen LogP contribution >= 0.6 is 0 Å². The molecule has 1 aliphatic heterocycles. The smallest absolute Gasteiger partial charge is 0.356 e. The van der Waals surface area contributed by atoms with Crippen molar-refractivity contribution in [1.82, 2.24) is 9.97 Å². The Labute approximate surface area is 106 Å². The first kappa shape index (κ1) is 11.4. The molecule has 0 amide bonds. The van der Waals surface area contributed by atoms with Crippen LogP contribution in [0.25, 0.3) is 0 Å². The van der Waals surface area contributed by atoms with Gasteiger partial charge in [0.25, 0.3) is 0 Å². The molecule has 18 heavy (non-hydrogen) atoms. The minimum Gasteiger partial charge on any atom is -0.476 e. The monoisotopic (exact) mass is 247 g/mol. The SMILES string of the molecule is O=C(O)c1cnc(N2CCC3CCCCC32)cn1. The van der Waals surface area contributed by atoms with Gasteiger partial charge in [0.2, 0.25) is 0 Å². The van der Waals surface area contributed by atoms with E-state index in [9.17, 15) is 4.79 Å². The van der Waals surface area contributed by atoms with E-state index in [1.54, 1.807) is 6.20 Å². The Bertz CT molecular complexity index is 446. The summed E-state index contributed by atoms with van der Waals surface area (Å²) in [6.07, 6.45) is 9.37. The first-order chi connectivity index (χ1) is 8.75. The van der Waals surface area contributed by atoms with Gasteiger partial charge in [-0.15, -0.1) is 0 Å². The molecule has 0 aromatic carbocycles. The summed E-state index contributed by atoms with van der Waals surface area (Å²) >= 11 is 0. The van der Waals surface area contributed by atoms with E-state index in [1.165, 1.54) is 38.3 Å². The van der Waals surface area contributed by atoms with Gasteiger partial charge in [0.15, 0.2) is 5.69 Å². The number of fused-ring (bicyclic) bond motifs is 1. The molecule has 0 radical (unpaired) electrons. The van der Waals surface area contributed by atoms with Crippen LogP contribution in [0.1, 0.15) is 42.6 Å². The van der Waals surface area contributed by atoms with Crippen LogP contribution in [0, 0.1) is 5.92 Å². The van der Waals surface area contributed by atoms with Gasteiger partial charge in [-0.3, -0.25) is 0 Å². The van der Waals surface area contributed by atoms with E-state index >= 15 is 0 Å². The highest BCUT2D eigenvalue weighted by Gasteiger charge is 2.36. The number of anilines is 1. The Balaban J connectivity index is 1.80. The Kier molecular flexibility index (Phi) is 2.89. The number of carbonyl (C=O) groups is 1. The van der Waals surface area contributed by atoms with E-state index in [1.807, 2.05) is 0 Å². The molecule has 1 aromatic heterocycles. The Morgan fingerprint density at radius 1 is 1.22 bits per heavy atom. The van der Waals surface area contributed by atoms with Crippen LogP contribution < -0.4 is 4.90 Å². The maximum Gasteiger partial charge on any atom is 0.356 e. The van der Waals surface area contributed by atoms with Crippen molar-refractivity contribution in [2.45, 2.75) is 38.1 Å². The van der Waals surface area contributed by atoms with Crippen molar-refractivity contribution in [3.8, 4) is 0 Å². The molecule has 1 saturated carbocycles. The van der Waals surface area contributed by atoms with E-state index in [0.717, 1.165) is 18.3 Å². The standard InChI is InChI=1S/C13H17N3O2/c17-13(18)10-7-15-12(8-14-10)16-6-5-9-3-1-2-4-11(9)16/h7-9,11H,1-6H2,(H,17,18). The van der Waals surface area contributed by atoms with Gasteiger partial charge in [0, 0.05) is 12.6 Å². The predicted octanol–water partition coefficient (Wildman–Crippen LogP) is 1.94. The topological polar surface area (TPSA) is 66.3 Å². The summed E-state index contributed by atoms with van der Waals surface area (Å²) in [4.78, 5) is 21.3. The molecule has 0 bridgehead atoms. The van der Waals surface area contributed by atoms with Crippen molar-refractivity contribution in [2.24, 2.45) is 5.92 Å². The number of hydrogen-bond donors (Lipinski definition) is 1. The molecule has 2 unspecified atom stereocenters. The van der Waals surface area contributed by atoms with Crippen molar-refractivity contribution in [2.75, 3.05) is 11.4 Å². The molecule has 96 valence electrons. The molecule has 2 fully saturated rings. The zero-order valence-electron chi connectivity index (χ0n) is 10.2. The number of hydrogen-bond acceptors (Lipinski definition) is 4. The van der Waals surface area contributed by atoms with Gasteiger partial charge in [-0.05, 0) is 25.2 Å². The van der Waals surface area contributed by atoms with E-state index in [2.05, 4.69) is 14.9 Å². The summed E-state index contributed by atoms with van der Waals surface area (Å²) in [6.45, 7) is 1.02. The van der Waals surface area contributed by atoms with Crippen LogP contribution in [-0.4, -0.2) is 33.6 Å². The quantitative estimate of drug-likeness (QED) is 0.865. The van der Waals surface area contributed by atoms with Crippen LogP contribution in [0.3, 0.4) is 0 Å². The van der Waals surface area contributed by atoms with Gasteiger partial charge in [-0.1, -0.05) is 12.8 Å². The fourth-order valence-electron chi connectivity index (χ4n) is 3.27. The summed E-state index contributed by atoms with van der Waals surface area (Å²) in [5.74, 6) is 0.597. The van der Waals surface area contributed by atoms with Gasteiger partial charge in [-0.2, -0.15) is 0 Å². The molecule has 2 heterocycles. The molecule has 1 aromatic rings. The van der Waals surface area contributed by atoms with Crippen molar-refractivity contribution in [3.63, 3.8) is 0 Å². The molecule has 0 spiro atoms. The van der Waals surface area contributed by atoms with Crippen LogP contribution in [0.5, 0.6) is 0 Å². The molecule has 1 aliphatic carbocycles. The second kappa shape index (κ2) is 4.55. The first-order valence-electron chi connectivity index (χ1n) is 6.57. The number of aromatic carboxylic acids is 1. The molecule has 1 N–H and O–H groups in total. The summed E-state index contributed by atoms with van der Waals surface area (Å²) in [7, 11) is 0.